The summed E-state index contributed by atoms with van der Waals surface area (Å²) in [5, 5.41) is 0. The van der Waals surface area contributed by atoms with E-state index in [1.54, 1.807) is 0 Å². The largest absolute Gasteiger partial charge is 0.449 e. The molecule has 3 nitrogen and oxygen atoms in total. The molecule has 1 heterocycles. The fourth-order valence-corrected chi connectivity index (χ4v) is 10.2. The Bertz CT molecular complexity index is 2860. The molecule has 0 saturated heterocycles. The molecule has 0 bridgehead atoms. The molecule has 4 aliphatic rings. The summed E-state index contributed by atoms with van der Waals surface area (Å²) in [4.78, 5) is 2.28. The van der Waals surface area contributed by atoms with Gasteiger partial charge in [-0.3, -0.25) is 0 Å². The third kappa shape index (κ3) is 4.74. The first kappa shape index (κ1) is 32.8. The van der Waals surface area contributed by atoms with Gasteiger partial charge < -0.3 is 14.4 Å². The summed E-state index contributed by atoms with van der Waals surface area (Å²) in [6.45, 7) is 0. The molecule has 0 saturated carbocycles. The lowest BCUT2D eigenvalue weighted by molar-refractivity contribution is 0.356. The maximum atomic E-state index is 7.01. The lowest BCUT2D eigenvalue weighted by Crippen LogP contribution is -2.32. The third-order valence-electron chi connectivity index (χ3n) is 12.6. The number of fused-ring (bicyclic) bond motifs is 13. The van der Waals surface area contributed by atoms with Crippen molar-refractivity contribution in [3.63, 3.8) is 0 Å². The van der Waals surface area contributed by atoms with E-state index in [0.29, 0.717) is 0 Å². The van der Waals surface area contributed by atoms with Crippen LogP contribution < -0.4 is 14.4 Å². The van der Waals surface area contributed by atoms with E-state index >= 15 is 0 Å². The van der Waals surface area contributed by atoms with Gasteiger partial charge in [-0.1, -0.05) is 164 Å². The van der Waals surface area contributed by atoms with E-state index in [1.165, 1.54) is 33.4 Å². The smallest absolute Gasteiger partial charge is 0.177 e. The predicted molar refractivity (Wildman–Crippen MR) is 235 cm³/mol. The number of hydrogen-bond acceptors (Lipinski definition) is 3. The molecule has 274 valence electrons. The normalized spacial score (nSPS) is 16.9. The molecule has 1 aliphatic heterocycles. The molecular formula is C55H37NO2. The van der Waals surface area contributed by atoms with Gasteiger partial charge in [-0.05, 0) is 93.0 Å². The number of rotatable bonds is 5. The number of hydrogen-bond donors (Lipinski definition) is 0. The van der Waals surface area contributed by atoms with E-state index in [4.69, 9.17) is 9.47 Å². The fourth-order valence-electron chi connectivity index (χ4n) is 10.2. The van der Waals surface area contributed by atoms with Crippen molar-refractivity contribution >= 4 is 17.1 Å². The highest BCUT2D eigenvalue weighted by molar-refractivity contribution is 5.87. The Morgan fingerprint density at radius 1 is 0.379 bits per heavy atom. The molecule has 8 aromatic rings. The maximum absolute atomic E-state index is 7.01. The van der Waals surface area contributed by atoms with Gasteiger partial charge in [-0.2, -0.15) is 0 Å². The second-order valence-corrected chi connectivity index (χ2v) is 15.5. The molecule has 0 aromatic heterocycles. The van der Waals surface area contributed by atoms with Gasteiger partial charge in [0.25, 0.3) is 0 Å². The van der Waals surface area contributed by atoms with Crippen LogP contribution in [0.3, 0.4) is 0 Å². The topological polar surface area (TPSA) is 21.7 Å². The number of allylic oxidation sites excluding steroid dienone is 4. The van der Waals surface area contributed by atoms with E-state index in [2.05, 4.69) is 211 Å². The summed E-state index contributed by atoms with van der Waals surface area (Å²) in [7, 11) is 0. The van der Waals surface area contributed by atoms with E-state index in [1.807, 2.05) is 6.07 Å². The molecular weight excluding hydrogens is 707 g/mol. The van der Waals surface area contributed by atoms with Crippen LogP contribution in [0.5, 0.6) is 23.0 Å². The number of para-hydroxylation sites is 3. The fraction of sp³-hybridized carbons (Fsp3) is 0.0545. The van der Waals surface area contributed by atoms with Crippen LogP contribution in [0.25, 0.3) is 33.4 Å². The molecule has 8 aromatic carbocycles. The van der Waals surface area contributed by atoms with Gasteiger partial charge >= 0.3 is 0 Å². The summed E-state index contributed by atoms with van der Waals surface area (Å²) in [6.07, 6.45) is 9.17. The lowest BCUT2D eigenvalue weighted by Gasteiger charge is -2.36. The molecule has 1 spiro atoms. The monoisotopic (exact) mass is 743 g/mol. The van der Waals surface area contributed by atoms with Gasteiger partial charge in [0, 0.05) is 40.0 Å². The third-order valence-corrected chi connectivity index (χ3v) is 12.6. The van der Waals surface area contributed by atoms with E-state index in [-0.39, 0.29) is 17.3 Å². The Balaban J connectivity index is 0.882. The molecule has 58 heavy (non-hydrogen) atoms. The average molecular weight is 744 g/mol. The molecule has 0 radical (unpaired) electrons. The standard InChI is InChI=1S/C55H37NO2/c1-3-14-39(15-4-1)56(40-16-5-2-6-17-40)41-32-30-37(31-33-41)36-26-28-38(29-27-36)42-21-13-25-50-53(42)57-51-35-34-49-52(54(51)58-50)45-20-9-12-24-48(45)55(49)46-22-10-7-18-43(46)44-19-8-11-23-47(44)55/h1-35,45,48H. The van der Waals surface area contributed by atoms with Crippen molar-refractivity contribution in [2.75, 3.05) is 4.90 Å². The minimum Gasteiger partial charge on any atom is -0.449 e. The second kappa shape index (κ2) is 12.8. The van der Waals surface area contributed by atoms with Crippen molar-refractivity contribution in [1.29, 1.82) is 0 Å². The van der Waals surface area contributed by atoms with Crippen molar-refractivity contribution in [2.45, 2.75) is 11.3 Å². The van der Waals surface area contributed by atoms with Crippen LogP contribution in [0.4, 0.5) is 17.1 Å². The molecule has 3 heteroatoms. The van der Waals surface area contributed by atoms with Crippen LogP contribution in [-0.4, -0.2) is 0 Å². The van der Waals surface area contributed by atoms with Crippen LogP contribution in [0.2, 0.25) is 0 Å². The highest BCUT2D eigenvalue weighted by Crippen LogP contribution is 2.68. The van der Waals surface area contributed by atoms with Gasteiger partial charge in [0.05, 0.1) is 5.41 Å². The number of ether oxygens (including phenoxy) is 2. The molecule has 3 aliphatic carbocycles. The molecule has 12 rings (SSSR count). The zero-order chi connectivity index (χ0) is 38.2. The average Bonchev–Trinajstić information content (AvgIpc) is 3.77. The number of nitrogens with zero attached hydrogens (tertiary/aromatic N) is 1. The highest BCUT2D eigenvalue weighted by Gasteiger charge is 2.58. The Kier molecular flexibility index (Phi) is 7.27. The summed E-state index contributed by atoms with van der Waals surface area (Å²) >= 11 is 0. The predicted octanol–water partition coefficient (Wildman–Crippen LogP) is 14.5. The molecule has 2 unspecified atom stereocenters. The van der Waals surface area contributed by atoms with Crippen molar-refractivity contribution < 1.29 is 9.47 Å². The van der Waals surface area contributed by atoms with Gasteiger partial charge in [-0.25, -0.2) is 0 Å². The van der Waals surface area contributed by atoms with Crippen LogP contribution in [0.15, 0.2) is 212 Å². The van der Waals surface area contributed by atoms with Crippen LogP contribution in [-0.2, 0) is 5.41 Å². The SMILES string of the molecule is C1=CC2c3c(ccc4c3Oc3cccc(-c5ccc(-c6ccc(N(c7ccccc7)c7ccccc7)cc6)cc5)c3O4)C3(c4ccccc4-c4ccccc43)C2C=C1. The van der Waals surface area contributed by atoms with Crippen molar-refractivity contribution in [3.8, 4) is 56.4 Å². The van der Waals surface area contributed by atoms with Gasteiger partial charge in [0.1, 0.15) is 0 Å². The van der Waals surface area contributed by atoms with E-state index in [9.17, 15) is 0 Å². The van der Waals surface area contributed by atoms with Crippen molar-refractivity contribution in [1.82, 2.24) is 0 Å². The number of benzene rings is 8. The summed E-state index contributed by atoms with van der Waals surface area (Å²) < 4.78 is 13.9. The molecule has 0 N–H and O–H groups in total. The zero-order valence-electron chi connectivity index (χ0n) is 31.6. The highest BCUT2D eigenvalue weighted by atomic mass is 16.6. The first-order chi connectivity index (χ1) is 28.8. The molecule has 0 amide bonds. The summed E-state index contributed by atoms with van der Waals surface area (Å²) in [5.74, 6) is 3.42. The van der Waals surface area contributed by atoms with Crippen molar-refractivity contribution in [2.24, 2.45) is 5.92 Å². The minimum atomic E-state index is -0.319. The van der Waals surface area contributed by atoms with Gasteiger partial charge in [-0.15, -0.1) is 0 Å². The van der Waals surface area contributed by atoms with Crippen LogP contribution in [0.1, 0.15) is 28.2 Å². The second-order valence-electron chi connectivity index (χ2n) is 15.5. The Labute approximate surface area is 338 Å². The van der Waals surface area contributed by atoms with Gasteiger partial charge in [0.2, 0.25) is 0 Å². The van der Waals surface area contributed by atoms with Crippen molar-refractivity contribution in [3.05, 3.63) is 235 Å². The zero-order valence-corrected chi connectivity index (χ0v) is 31.6. The quantitative estimate of drug-likeness (QED) is 0.175. The summed E-state index contributed by atoms with van der Waals surface area (Å²) in [6, 6.07) is 67.2. The Morgan fingerprint density at radius 3 is 1.57 bits per heavy atom. The number of anilines is 3. The lowest BCUT2D eigenvalue weighted by atomic mass is 9.65. The molecule has 0 fully saturated rings. The van der Waals surface area contributed by atoms with Gasteiger partial charge in [0.15, 0.2) is 23.0 Å². The van der Waals surface area contributed by atoms with Crippen LogP contribution >= 0.6 is 0 Å². The molecule has 2 atom stereocenters. The van der Waals surface area contributed by atoms with Crippen LogP contribution in [0, 0.1) is 5.92 Å². The first-order valence-electron chi connectivity index (χ1n) is 20.1. The Morgan fingerprint density at radius 2 is 0.897 bits per heavy atom. The van der Waals surface area contributed by atoms with E-state index < -0.39 is 0 Å². The van der Waals surface area contributed by atoms with E-state index in [0.717, 1.165) is 62.3 Å². The Hall–Kier alpha value is -7.36. The first-order valence-corrected chi connectivity index (χ1v) is 20.1. The maximum Gasteiger partial charge on any atom is 0.177 e. The summed E-state index contributed by atoms with van der Waals surface area (Å²) in [5.41, 5.74) is 15.3. The minimum absolute atomic E-state index is 0.142.